The van der Waals surface area contributed by atoms with Gasteiger partial charge in [0.1, 0.15) is 5.25 Å². The number of benzene rings is 2. The largest absolute Gasteiger partial charge is 0.468 e. The fraction of sp³-hybridized carbons (Fsp3) is 0.150. The van der Waals surface area contributed by atoms with E-state index in [0.717, 1.165) is 26.8 Å². The number of carbonyl (C=O) groups excluding carboxylic acids is 1. The van der Waals surface area contributed by atoms with Crippen molar-refractivity contribution in [3.63, 3.8) is 0 Å². The molecule has 2 aromatic carbocycles. The maximum atomic E-state index is 11.8. The molecule has 0 aliphatic carbocycles. The Morgan fingerprint density at radius 3 is 2.64 bits per heavy atom. The molecule has 5 heteroatoms. The Morgan fingerprint density at radius 2 is 1.92 bits per heavy atom. The van der Waals surface area contributed by atoms with Crippen molar-refractivity contribution in [1.82, 2.24) is 4.98 Å². The van der Waals surface area contributed by atoms with Gasteiger partial charge in [0.05, 0.1) is 18.7 Å². The molecular formula is C20H16N2O2S. The Hall–Kier alpha value is -2.84. The second-order valence-electron chi connectivity index (χ2n) is 5.47. The molecule has 0 spiro atoms. The van der Waals surface area contributed by atoms with Gasteiger partial charge in [-0.25, -0.2) is 0 Å². The number of methoxy groups -OCH3 is 1. The van der Waals surface area contributed by atoms with E-state index >= 15 is 0 Å². The summed E-state index contributed by atoms with van der Waals surface area (Å²) in [4.78, 5) is 17.0. The van der Waals surface area contributed by atoms with Gasteiger partial charge in [0.25, 0.3) is 0 Å². The summed E-state index contributed by atoms with van der Waals surface area (Å²) >= 11 is 1.44. The third kappa shape index (κ3) is 3.35. The maximum absolute atomic E-state index is 11.8. The van der Waals surface area contributed by atoms with E-state index in [4.69, 9.17) is 4.74 Å². The first kappa shape index (κ1) is 17.0. The quantitative estimate of drug-likeness (QED) is 0.516. The van der Waals surface area contributed by atoms with Crippen LogP contribution in [0.25, 0.3) is 21.9 Å². The van der Waals surface area contributed by atoms with Gasteiger partial charge >= 0.3 is 5.97 Å². The molecule has 0 radical (unpaired) electrons. The number of fused-ring (bicyclic) bond motifs is 1. The van der Waals surface area contributed by atoms with Gasteiger partial charge < -0.3 is 4.74 Å². The zero-order chi connectivity index (χ0) is 17.8. The summed E-state index contributed by atoms with van der Waals surface area (Å²) in [7, 11) is 1.39. The van der Waals surface area contributed by atoms with Crippen LogP contribution < -0.4 is 0 Å². The molecule has 3 aromatic rings. The highest BCUT2D eigenvalue weighted by atomic mass is 32.2. The average Bonchev–Trinajstić information content (AvgIpc) is 2.67. The molecule has 25 heavy (non-hydrogen) atoms. The van der Waals surface area contributed by atoms with Gasteiger partial charge in [-0.1, -0.05) is 30.3 Å². The van der Waals surface area contributed by atoms with Crippen LogP contribution in [0.2, 0.25) is 0 Å². The molecule has 1 unspecified atom stereocenters. The molecule has 4 nitrogen and oxygen atoms in total. The minimum Gasteiger partial charge on any atom is -0.468 e. The monoisotopic (exact) mass is 348 g/mol. The molecule has 0 aliphatic rings. The topological polar surface area (TPSA) is 63.0 Å². The van der Waals surface area contributed by atoms with E-state index in [-0.39, 0.29) is 11.2 Å². The molecule has 0 aliphatic heterocycles. The number of nitriles is 1. The number of thioether (sulfide) groups is 1. The van der Waals surface area contributed by atoms with Crippen molar-refractivity contribution < 1.29 is 9.53 Å². The van der Waals surface area contributed by atoms with Crippen molar-refractivity contribution in [3.8, 4) is 17.2 Å². The number of carbonyl (C=O) groups is 1. The van der Waals surface area contributed by atoms with Crippen molar-refractivity contribution in [3.05, 3.63) is 60.4 Å². The van der Waals surface area contributed by atoms with Gasteiger partial charge in [0, 0.05) is 28.2 Å². The highest BCUT2D eigenvalue weighted by Crippen LogP contribution is 2.37. The number of nitrogens with zero attached hydrogens (tertiary/aromatic N) is 2. The Balaban J connectivity index is 2.14. The summed E-state index contributed by atoms with van der Waals surface area (Å²) in [6.07, 6.45) is 3.50. The lowest BCUT2D eigenvalue weighted by Crippen LogP contribution is -2.14. The molecule has 124 valence electrons. The number of rotatable bonds is 4. The zero-order valence-corrected chi connectivity index (χ0v) is 14.7. The Bertz CT molecular complexity index is 979. The van der Waals surface area contributed by atoms with Crippen molar-refractivity contribution in [2.75, 3.05) is 7.11 Å². The third-order valence-electron chi connectivity index (χ3n) is 3.95. The number of esters is 1. The second-order valence-corrected chi connectivity index (χ2v) is 6.86. The van der Waals surface area contributed by atoms with Crippen LogP contribution in [-0.2, 0) is 9.53 Å². The molecule has 0 N–H and O–H groups in total. The van der Waals surface area contributed by atoms with Crippen LogP contribution in [0.4, 0.5) is 0 Å². The summed E-state index contributed by atoms with van der Waals surface area (Å²) < 4.78 is 4.82. The van der Waals surface area contributed by atoms with Crippen LogP contribution in [0.5, 0.6) is 0 Å². The van der Waals surface area contributed by atoms with E-state index in [2.05, 4.69) is 11.1 Å². The molecule has 0 bridgehead atoms. The predicted molar refractivity (Wildman–Crippen MR) is 99.2 cm³/mol. The summed E-state index contributed by atoms with van der Waals surface area (Å²) in [6, 6.07) is 15.7. The smallest absolute Gasteiger partial charge is 0.318 e. The van der Waals surface area contributed by atoms with Gasteiger partial charge in [-0.3, -0.25) is 9.78 Å². The molecule has 1 heterocycles. The number of aromatic nitrogens is 1. The first-order valence-electron chi connectivity index (χ1n) is 7.76. The molecule has 1 aromatic heterocycles. The molecule has 0 saturated carbocycles. The lowest BCUT2D eigenvalue weighted by Gasteiger charge is -2.14. The van der Waals surface area contributed by atoms with Crippen LogP contribution in [-0.4, -0.2) is 23.3 Å². The lowest BCUT2D eigenvalue weighted by atomic mass is 9.96. The number of hydrogen-bond acceptors (Lipinski definition) is 5. The van der Waals surface area contributed by atoms with E-state index in [1.54, 1.807) is 12.4 Å². The molecular weight excluding hydrogens is 332 g/mol. The van der Waals surface area contributed by atoms with Gasteiger partial charge in [-0.05, 0) is 30.0 Å². The van der Waals surface area contributed by atoms with Crippen molar-refractivity contribution >= 4 is 28.5 Å². The zero-order valence-electron chi connectivity index (χ0n) is 13.9. The van der Waals surface area contributed by atoms with Crippen molar-refractivity contribution in [2.45, 2.75) is 17.1 Å². The lowest BCUT2D eigenvalue weighted by molar-refractivity contribution is -0.139. The van der Waals surface area contributed by atoms with Crippen LogP contribution in [0.3, 0.4) is 0 Å². The standard InChI is InChI=1S/C20H16N2O2S/c1-13(20(23)24-2)25-19-9-10-22-12-18(19)17-8-7-14(11-21)15-5-3-4-6-16(15)17/h3-10,12-13H,1-2H3. The average molecular weight is 348 g/mol. The van der Waals surface area contributed by atoms with Crippen LogP contribution in [0.15, 0.2) is 59.8 Å². The van der Waals surface area contributed by atoms with E-state index in [1.807, 2.05) is 49.4 Å². The van der Waals surface area contributed by atoms with E-state index in [1.165, 1.54) is 18.9 Å². The predicted octanol–water partition coefficient (Wildman–Crippen LogP) is 4.43. The molecule has 0 fully saturated rings. The van der Waals surface area contributed by atoms with Crippen LogP contribution in [0.1, 0.15) is 12.5 Å². The SMILES string of the molecule is COC(=O)C(C)Sc1ccncc1-c1ccc(C#N)c2ccccc12. The summed E-state index contributed by atoms with van der Waals surface area (Å²) in [5, 5.41) is 10.9. The summed E-state index contributed by atoms with van der Waals surface area (Å²) in [6.45, 7) is 1.82. The Labute approximate surface area is 150 Å². The highest BCUT2D eigenvalue weighted by molar-refractivity contribution is 8.00. The number of pyridine rings is 1. The third-order valence-corrected chi connectivity index (χ3v) is 5.11. The minimum absolute atomic E-state index is 0.266. The fourth-order valence-corrected chi connectivity index (χ4v) is 3.73. The molecule has 0 saturated heterocycles. The van der Waals surface area contributed by atoms with Gasteiger partial charge in [-0.15, -0.1) is 11.8 Å². The van der Waals surface area contributed by atoms with Crippen molar-refractivity contribution in [2.24, 2.45) is 0 Å². The van der Waals surface area contributed by atoms with Crippen molar-refractivity contribution in [1.29, 1.82) is 5.26 Å². The van der Waals surface area contributed by atoms with Gasteiger partial charge in [-0.2, -0.15) is 5.26 Å². The molecule has 0 amide bonds. The first-order chi connectivity index (χ1) is 12.2. The minimum atomic E-state index is -0.323. The van der Waals surface area contributed by atoms with Crippen LogP contribution >= 0.6 is 11.8 Å². The summed E-state index contributed by atoms with van der Waals surface area (Å²) in [5.41, 5.74) is 2.56. The Kier molecular flexibility index (Phi) is 5.01. The number of hydrogen-bond donors (Lipinski definition) is 0. The highest BCUT2D eigenvalue weighted by Gasteiger charge is 2.18. The van der Waals surface area contributed by atoms with E-state index in [9.17, 15) is 10.1 Å². The second kappa shape index (κ2) is 7.37. The number of ether oxygens (including phenoxy) is 1. The normalized spacial score (nSPS) is 11.7. The maximum Gasteiger partial charge on any atom is 0.318 e. The van der Waals surface area contributed by atoms with Crippen LogP contribution in [0, 0.1) is 11.3 Å². The molecule has 3 rings (SSSR count). The van der Waals surface area contributed by atoms with E-state index < -0.39 is 0 Å². The molecule has 1 atom stereocenters. The van der Waals surface area contributed by atoms with E-state index in [0.29, 0.717) is 5.56 Å². The fourth-order valence-electron chi connectivity index (χ4n) is 2.72. The van der Waals surface area contributed by atoms with Gasteiger partial charge in [0.15, 0.2) is 0 Å². The Morgan fingerprint density at radius 1 is 1.16 bits per heavy atom. The summed E-state index contributed by atoms with van der Waals surface area (Å²) in [5.74, 6) is -0.266. The van der Waals surface area contributed by atoms with Gasteiger partial charge in [0.2, 0.25) is 0 Å². The first-order valence-corrected chi connectivity index (χ1v) is 8.64.